The van der Waals surface area contributed by atoms with Crippen LogP contribution in [0.5, 0.6) is 0 Å². The van der Waals surface area contributed by atoms with Gasteiger partial charge in [0.25, 0.3) is 11.5 Å². The molecule has 1 aliphatic carbocycles. The van der Waals surface area contributed by atoms with Gasteiger partial charge in [-0.25, -0.2) is 19.0 Å². The maximum atomic E-state index is 14.1. The molecular formula is C34H34F3N7O4. The van der Waals surface area contributed by atoms with Crippen molar-refractivity contribution in [2.24, 2.45) is 18.9 Å². The fraction of sp³-hybridized carbons (Fsp3) is 0.382. The second kappa shape index (κ2) is 12.0. The van der Waals surface area contributed by atoms with Gasteiger partial charge in [-0.1, -0.05) is 18.2 Å². The van der Waals surface area contributed by atoms with Crippen LogP contribution in [-0.4, -0.2) is 60.8 Å². The zero-order valence-corrected chi connectivity index (χ0v) is 26.8. The zero-order chi connectivity index (χ0) is 34.5. The number of carbonyl (C=O) groups excluding carboxylic acids is 2. The molecule has 1 unspecified atom stereocenters. The van der Waals surface area contributed by atoms with Crippen molar-refractivity contribution in [3.8, 4) is 22.8 Å². The first-order chi connectivity index (χ1) is 22.6. The summed E-state index contributed by atoms with van der Waals surface area (Å²) in [4.78, 5) is 45.9. The normalized spacial score (nSPS) is 19.2. The highest BCUT2D eigenvalue weighted by atomic mass is 19.4. The molecule has 4 aromatic rings. The van der Waals surface area contributed by atoms with Crippen LogP contribution in [0.1, 0.15) is 49.5 Å². The van der Waals surface area contributed by atoms with Gasteiger partial charge >= 0.3 is 12.3 Å². The molecule has 1 saturated heterocycles. The molecule has 250 valence electrons. The van der Waals surface area contributed by atoms with Crippen LogP contribution in [0.3, 0.4) is 0 Å². The van der Waals surface area contributed by atoms with Gasteiger partial charge in [0.15, 0.2) is 5.69 Å². The molecule has 0 radical (unpaired) electrons. The largest absolute Gasteiger partial charge is 0.444 e. The Hall–Kier alpha value is -5.32. The van der Waals surface area contributed by atoms with E-state index in [2.05, 4.69) is 15.3 Å². The van der Waals surface area contributed by atoms with E-state index in [-0.39, 0.29) is 40.9 Å². The van der Waals surface area contributed by atoms with Gasteiger partial charge in [0.1, 0.15) is 16.9 Å². The summed E-state index contributed by atoms with van der Waals surface area (Å²) in [6.45, 7) is 13.7. The number of nitrogens with zero attached hydrogens (tertiary/aromatic N) is 6. The molecule has 2 amide bonds. The number of fused-ring (bicyclic) bond motifs is 1. The smallest absolute Gasteiger partial charge is 0.416 e. The number of rotatable bonds is 5. The molecular weight excluding hydrogens is 627 g/mol. The summed E-state index contributed by atoms with van der Waals surface area (Å²) in [5.74, 6) is -0.388. The summed E-state index contributed by atoms with van der Waals surface area (Å²) >= 11 is 0. The third kappa shape index (κ3) is 6.20. The molecule has 2 aromatic heterocycles. The average molecular weight is 662 g/mol. The lowest BCUT2D eigenvalue weighted by atomic mass is 10.0. The van der Waals surface area contributed by atoms with E-state index in [0.717, 1.165) is 16.8 Å². The first-order valence-corrected chi connectivity index (χ1v) is 15.5. The maximum Gasteiger partial charge on any atom is 0.416 e. The summed E-state index contributed by atoms with van der Waals surface area (Å²) in [7, 11) is 1.50. The minimum atomic E-state index is -4.65. The molecule has 3 heterocycles. The van der Waals surface area contributed by atoms with E-state index in [1.54, 1.807) is 35.2 Å². The Morgan fingerprint density at radius 1 is 1.00 bits per heavy atom. The summed E-state index contributed by atoms with van der Waals surface area (Å²) in [6, 6.07) is 12.2. The van der Waals surface area contributed by atoms with Gasteiger partial charge < -0.3 is 15.0 Å². The minimum absolute atomic E-state index is 0.0669. The summed E-state index contributed by atoms with van der Waals surface area (Å²) < 4.78 is 50.4. The van der Waals surface area contributed by atoms with Gasteiger partial charge in [0, 0.05) is 26.2 Å². The molecule has 0 spiro atoms. The van der Waals surface area contributed by atoms with Gasteiger partial charge in [-0.2, -0.15) is 18.3 Å². The SMILES string of the molecule is [C-]#[N+]c1ccc(-n2nccc2-c2c(C(=O)NC3C[C@@H]4CN(C(=O)OC(C)(C)C)C[C@@H]4C3)c(=O)n(-c3cccc(C(F)(F)F)c3)n2C)cc1. The van der Waals surface area contributed by atoms with E-state index in [9.17, 15) is 27.6 Å². The van der Waals surface area contributed by atoms with E-state index < -0.39 is 28.8 Å². The van der Waals surface area contributed by atoms with Crippen LogP contribution in [0.25, 0.3) is 27.6 Å². The number of aromatic nitrogens is 4. The quantitative estimate of drug-likeness (QED) is 0.265. The summed E-state index contributed by atoms with van der Waals surface area (Å²) in [6.07, 6.45) is -2.36. The predicted octanol–water partition coefficient (Wildman–Crippen LogP) is 5.97. The topological polar surface area (TPSA) is 108 Å². The number of nitrogens with one attached hydrogen (secondary N) is 1. The van der Waals surface area contributed by atoms with Crippen molar-refractivity contribution in [3.05, 3.63) is 93.7 Å². The van der Waals surface area contributed by atoms with E-state index in [4.69, 9.17) is 11.3 Å². The lowest BCUT2D eigenvalue weighted by Gasteiger charge is -2.25. The highest BCUT2D eigenvalue weighted by Crippen LogP contribution is 2.39. The molecule has 1 saturated carbocycles. The number of ether oxygens (including phenoxy) is 1. The van der Waals surface area contributed by atoms with Crippen LogP contribution in [0.15, 0.2) is 65.6 Å². The predicted molar refractivity (Wildman–Crippen MR) is 170 cm³/mol. The van der Waals surface area contributed by atoms with Crippen LogP contribution < -0.4 is 10.9 Å². The van der Waals surface area contributed by atoms with E-state index in [0.29, 0.717) is 43.0 Å². The Balaban J connectivity index is 1.35. The monoisotopic (exact) mass is 661 g/mol. The van der Waals surface area contributed by atoms with Crippen LogP contribution in [-0.2, 0) is 18.0 Å². The van der Waals surface area contributed by atoms with Gasteiger partial charge in [-0.3, -0.25) is 14.3 Å². The van der Waals surface area contributed by atoms with E-state index in [1.807, 2.05) is 20.8 Å². The second-order valence-electron chi connectivity index (χ2n) is 13.2. The van der Waals surface area contributed by atoms with Crippen LogP contribution >= 0.6 is 0 Å². The molecule has 2 fully saturated rings. The van der Waals surface area contributed by atoms with Crippen molar-refractivity contribution < 1.29 is 27.5 Å². The van der Waals surface area contributed by atoms with Crippen molar-refractivity contribution in [3.63, 3.8) is 0 Å². The van der Waals surface area contributed by atoms with Crippen molar-refractivity contribution in [1.82, 2.24) is 29.4 Å². The molecule has 6 rings (SSSR count). The Labute approximate surface area is 274 Å². The first kappa shape index (κ1) is 32.6. The van der Waals surface area contributed by atoms with Gasteiger partial charge in [-0.05, 0) is 81.8 Å². The second-order valence-corrected chi connectivity index (χ2v) is 13.2. The molecule has 11 nitrogen and oxygen atoms in total. The molecule has 2 aliphatic rings. The molecule has 48 heavy (non-hydrogen) atoms. The van der Waals surface area contributed by atoms with Crippen molar-refractivity contribution in [2.75, 3.05) is 13.1 Å². The number of amides is 2. The van der Waals surface area contributed by atoms with E-state index >= 15 is 0 Å². The number of benzene rings is 2. The fourth-order valence-electron chi connectivity index (χ4n) is 6.72. The maximum absolute atomic E-state index is 14.1. The summed E-state index contributed by atoms with van der Waals surface area (Å²) in [5.41, 5.74) is -1.22. The lowest BCUT2D eigenvalue weighted by Crippen LogP contribution is -2.39. The Bertz CT molecular complexity index is 1970. The Morgan fingerprint density at radius 3 is 2.27 bits per heavy atom. The molecule has 0 bridgehead atoms. The van der Waals surface area contributed by atoms with Crippen molar-refractivity contribution >= 4 is 17.7 Å². The number of hydrogen-bond donors (Lipinski definition) is 1. The third-order valence-corrected chi connectivity index (χ3v) is 8.76. The number of hydrogen-bond acceptors (Lipinski definition) is 5. The van der Waals surface area contributed by atoms with Crippen LogP contribution in [0.4, 0.5) is 23.7 Å². The number of likely N-dealkylation sites (tertiary alicyclic amines) is 1. The lowest BCUT2D eigenvalue weighted by molar-refractivity contribution is -0.137. The standard InChI is InChI=1S/C34H34F3N7O4/c1-33(2,3)48-32(47)42-18-20-15-24(16-21(20)19-42)40-30(45)28-29(27-13-14-39-43(27)25-11-9-23(38-4)10-12-25)41(5)44(31(28)46)26-8-6-7-22(17-26)34(35,36)37/h6-14,17,20-21,24H,15-16,18-19H2,1-3,5H3,(H,40,45)/t20-,21+,24?. The third-order valence-electron chi connectivity index (χ3n) is 8.76. The summed E-state index contributed by atoms with van der Waals surface area (Å²) in [5, 5.41) is 7.40. The van der Waals surface area contributed by atoms with Crippen LogP contribution in [0, 0.1) is 18.4 Å². The van der Waals surface area contributed by atoms with E-state index in [1.165, 1.54) is 34.7 Å². The van der Waals surface area contributed by atoms with Crippen molar-refractivity contribution in [1.29, 1.82) is 0 Å². The Morgan fingerprint density at radius 2 is 1.67 bits per heavy atom. The highest BCUT2D eigenvalue weighted by molar-refractivity contribution is 6.00. The molecule has 1 N–H and O–H groups in total. The molecule has 2 aromatic carbocycles. The number of halogens is 3. The minimum Gasteiger partial charge on any atom is -0.444 e. The Kier molecular flexibility index (Phi) is 8.18. The zero-order valence-electron chi connectivity index (χ0n) is 26.8. The van der Waals surface area contributed by atoms with Gasteiger partial charge in [0.2, 0.25) is 0 Å². The highest BCUT2D eigenvalue weighted by Gasteiger charge is 2.44. The first-order valence-electron chi connectivity index (χ1n) is 15.5. The number of carbonyl (C=O) groups is 2. The molecule has 3 atom stereocenters. The molecule has 14 heteroatoms. The average Bonchev–Trinajstić information content (AvgIpc) is 3.78. The fourth-order valence-corrected chi connectivity index (χ4v) is 6.72. The van der Waals surface area contributed by atoms with Gasteiger partial charge in [-0.15, -0.1) is 0 Å². The van der Waals surface area contributed by atoms with Crippen molar-refractivity contribution in [2.45, 2.75) is 51.4 Å². The molecule has 1 aliphatic heterocycles. The number of alkyl halides is 3. The van der Waals surface area contributed by atoms with Gasteiger partial charge in [0.05, 0.1) is 35.4 Å². The van der Waals surface area contributed by atoms with Crippen LogP contribution in [0.2, 0.25) is 0 Å².